The van der Waals surface area contributed by atoms with Crippen molar-refractivity contribution < 1.29 is 36.3 Å². The molecule has 0 spiro atoms. The number of carbonyl (C=O) groups is 2. The zero-order valence-corrected chi connectivity index (χ0v) is 21.1. The van der Waals surface area contributed by atoms with E-state index in [1.165, 1.54) is 0 Å². The van der Waals surface area contributed by atoms with Crippen LogP contribution in [-0.2, 0) is 26.2 Å². The number of rotatable bonds is 7. The Hall–Kier alpha value is -3.82. The van der Waals surface area contributed by atoms with Gasteiger partial charge < -0.3 is 15.7 Å². The van der Waals surface area contributed by atoms with Crippen molar-refractivity contribution in [3.05, 3.63) is 72.1 Å². The highest BCUT2D eigenvalue weighted by Gasteiger charge is 2.38. The fraction of sp³-hybridized carbons (Fsp3) is 0.217. The molecule has 0 saturated carbocycles. The molecule has 2 aromatic heterocycles. The van der Waals surface area contributed by atoms with E-state index in [2.05, 4.69) is 9.71 Å². The van der Waals surface area contributed by atoms with Crippen LogP contribution in [0.4, 0.5) is 13.2 Å². The summed E-state index contributed by atoms with van der Waals surface area (Å²) in [6, 6.07) is 13.2. The van der Waals surface area contributed by atoms with E-state index in [1.807, 2.05) is 24.3 Å². The molecule has 1 aliphatic rings. The normalized spacial score (nSPS) is 15.6. The number of hydrogen-bond donors (Lipinski definition) is 4. The van der Waals surface area contributed by atoms with Gasteiger partial charge in [0.15, 0.2) is 0 Å². The van der Waals surface area contributed by atoms with Crippen LogP contribution in [0.15, 0.2) is 65.1 Å². The van der Waals surface area contributed by atoms with Crippen LogP contribution in [-0.4, -0.2) is 59.9 Å². The van der Waals surface area contributed by atoms with E-state index in [9.17, 15) is 26.4 Å². The van der Waals surface area contributed by atoms with Crippen molar-refractivity contribution in [2.24, 2.45) is 5.73 Å². The van der Waals surface area contributed by atoms with Gasteiger partial charge in [-0.15, -0.1) is 11.3 Å². The van der Waals surface area contributed by atoms with Gasteiger partial charge in [0.05, 0.1) is 0 Å². The number of amides is 1. The van der Waals surface area contributed by atoms with E-state index in [1.54, 1.807) is 41.6 Å². The van der Waals surface area contributed by atoms with Crippen molar-refractivity contribution in [1.29, 1.82) is 5.41 Å². The molecule has 1 fully saturated rings. The molecule has 202 valence electrons. The lowest BCUT2D eigenvalue weighted by molar-refractivity contribution is -0.192. The van der Waals surface area contributed by atoms with Crippen molar-refractivity contribution >= 4 is 39.1 Å². The molecule has 3 heterocycles. The van der Waals surface area contributed by atoms with Gasteiger partial charge in [0, 0.05) is 35.9 Å². The Bertz CT molecular complexity index is 1430. The fourth-order valence-electron chi connectivity index (χ4n) is 3.51. The second-order valence-electron chi connectivity index (χ2n) is 7.95. The van der Waals surface area contributed by atoms with Crippen molar-refractivity contribution in [3.63, 3.8) is 0 Å². The number of pyridine rings is 1. The zero-order valence-electron chi connectivity index (χ0n) is 19.5. The number of aromatic nitrogens is 1. The maximum Gasteiger partial charge on any atom is 0.490 e. The van der Waals surface area contributed by atoms with Crippen LogP contribution in [0, 0.1) is 5.41 Å². The lowest BCUT2D eigenvalue weighted by Crippen LogP contribution is -2.41. The molecule has 1 aliphatic heterocycles. The van der Waals surface area contributed by atoms with Crippen LogP contribution >= 0.6 is 11.3 Å². The number of halogens is 3. The molecule has 0 bridgehead atoms. The first-order chi connectivity index (χ1) is 17.8. The Kier molecular flexibility index (Phi) is 8.85. The lowest BCUT2D eigenvalue weighted by atomic mass is 10.1. The molecule has 1 aromatic carbocycles. The van der Waals surface area contributed by atoms with Gasteiger partial charge in [-0.3, -0.25) is 15.2 Å². The molecule has 38 heavy (non-hydrogen) atoms. The van der Waals surface area contributed by atoms with Gasteiger partial charge in [-0.1, -0.05) is 24.3 Å². The minimum atomic E-state index is -5.08. The predicted octanol–water partition coefficient (Wildman–Crippen LogP) is 2.81. The van der Waals surface area contributed by atoms with Crippen LogP contribution in [0.3, 0.4) is 0 Å². The van der Waals surface area contributed by atoms with Crippen molar-refractivity contribution in [1.82, 2.24) is 14.6 Å². The summed E-state index contributed by atoms with van der Waals surface area (Å²) in [7, 11) is -3.83. The summed E-state index contributed by atoms with van der Waals surface area (Å²) >= 11 is 1.15. The van der Waals surface area contributed by atoms with Crippen LogP contribution < -0.4 is 10.5 Å². The number of amidine groups is 1. The number of nitrogens with zero attached hydrogens (tertiary/aromatic N) is 2. The molecule has 15 heteroatoms. The van der Waals surface area contributed by atoms with Gasteiger partial charge in [0.2, 0.25) is 5.91 Å². The molecule has 1 unspecified atom stereocenters. The van der Waals surface area contributed by atoms with E-state index in [0.29, 0.717) is 18.5 Å². The summed E-state index contributed by atoms with van der Waals surface area (Å²) in [5, 5.41) is 14.8. The van der Waals surface area contributed by atoms with E-state index in [0.717, 1.165) is 27.3 Å². The molecule has 0 radical (unpaired) electrons. The second kappa shape index (κ2) is 11.7. The number of nitrogens with one attached hydrogen (secondary N) is 2. The first-order valence-corrected chi connectivity index (χ1v) is 13.1. The molecular weight excluding hydrogens is 547 g/mol. The number of carboxylic acid groups (broad SMARTS) is 1. The Morgan fingerprint density at radius 3 is 2.42 bits per heavy atom. The molecule has 0 aliphatic carbocycles. The van der Waals surface area contributed by atoms with Gasteiger partial charge in [-0.25, -0.2) is 13.2 Å². The second-order valence-corrected chi connectivity index (χ2v) is 11.0. The SMILES string of the molecule is N=C(N)c1ccccc1CN1CCC(NS(=O)(=O)c2ccc(-c3ccncc3)s2)C1=O.O=C(O)C(F)(F)F. The Labute approximate surface area is 219 Å². The summed E-state index contributed by atoms with van der Waals surface area (Å²) < 4.78 is 60.2. The number of likely N-dealkylation sites (tertiary alicyclic amines) is 1. The highest BCUT2D eigenvalue weighted by Crippen LogP contribution is 2.31. The van der Waals surface area contributed by atoms with E-state index >= 15 is 0 Å². The summed E-state index contributed by atoms with van der Waals surface area (Å²) in [5.41, 5.74) is 7.84. The van der Waals surface area contributed by atoms with Crippen LogP contribution in [0.25, 0.3) is 10.4 Å². The first-order valence-electron chi connectivity index (χ1n) is 10.8. The predicted molar refractivity (Wildman–Crippen MR) is 133 cm³/mol. The number of nitrogens with two attached hydrogens (primary N) is 1. The Morgan fingerprint density at radius 1 is 1.18 bits per heavy atom. The van der Waals surface area contributed by atoms with Crippen molar-refractivity contribution in [2.45, 2.75) is 29.4 Å². The standard InChI is InChI=1S/C21H21N5O3S2.C2HF3O2/c22-20(23)16-4-2-1-3-15(16)13-26-12-9-17(21(26)27)25-31(28,29)19-6-5-18(30-19)14-7-10-24-11-8-14;3-2(4,5)1(6)7/h1-8,10-11,17,25H,9,12-13H2,(H3,22,23);(H,6,7). The van der Waals surface area contributed by atoms with Crippen LogP contribution in [0.5, 0.6) is 0 Å². The third-order valence-corrected chi connectivity index (χ3v) is 8.41. The third-order valence-electron chi connectivity index (χ3n) is 5.32. The number of thiophene rings is 1. The Balaban J connectivity index is 0.000000505. The molecule has 4 rings (SSSR count). The fourth-order valence-corrected chi connectivity index (χ4v) is 6.07. The highest BCUT2D eigenvalue weighted by atomic mass is 32.2. The summed E-state index contributed by atoms with van der Waals surface area (Å²) in [6.45, 7) is 0.697. The van der Waals surface area contributed by atoms with Crippen LogP contribution in [0.1, 0.15) is 17.5 Å². The Morgan fingerprint density at radius 2 is 1.82 bits per heavy atom. The zero-order chi connectivity index (χ0) is 28.1. The van der Waals surface area contributed by atoms with Crippen molar-refractivity contribution in [2.75, 3.05) is 6.54 Å². The van der Waals surface area contributed by atoms with Crippen molar-refractivity contribution in [3.8, 4) is 10.4 Å². The largest absolute Gasteiger partial charge is 0.490 e. The smallest absolute Gasteiger partial charge is 0.475 e. The average Bonchev–Trinajstić information content (AvgIpc) is 3.49. The quantitative estimate of drug-likeness (QED) is 0.251. The average molecular weight is 570 g/mol. The monoisotopic (exact) mass is 569 g/mol. The first kappa shape index (κ1) is 28.7. The summed E-state index contributed by atoms with van der Waals surface area (Å²) in [5.74, 6) is -3.11. The maximum atomic E-state index is 12.9. The number of sulfonamides is 1. The van der Waals surface area contributed by atoms with Gasteiger partial charge in [-0.05, 0) is 41.8 Å². The number of hydrogen-bond acceptors (Lipinski definition) is 7. The minimum absolute atomic E-state index is 0.0674. The third kappa shape index (κ3) is 7.14. The summed E-state index contributed by atoms with van der Waals surface area (Å²) in [4.78, 5) is 28.1. The van der Waals surface area contributed by atoms with E-state index in [-0.39, 0.29) is 22.5 Å². The van der Waals surface area contributed by atoms with E-state index in [4.69, 9.17) is 21.0 Å². The number of nitrogen functional groups attached to an aromatic ring is 1. The summed E-state index contributed by atoms with van der Waals surface area (Å²) in [6.07, 6.45) is -1.40. The number of aliphatic carboxylic acids is 1. The maximum absolute atomic E-state index is 12.9. The lowest BCUT2D eigenvalue weighted by Gasteiger charge is -2.19. The number of benzene rings is 1. The topological polar surface area (TPSA) is 167 Å². The number of carboxylic acids is 1. The van der Waals surface area contributed by atoms with Gasteiger partial charge in [-0.2, -0.15) is 17.9 Å². The van der Waals surface area contributed by atoms with Gasteiger partial charge in [0.25, 0.3) is 10.0 Å². The molecule has 1 atom stereocenters. The molecular formula is C23H22F3N5O5S2. The van der Waals surface area contributed by atoms with Crippen LogP contribution in [0.2, 0.25) is 0 Å². The molecule has 10 nitrogen and oxygen atoms in total. The molecule has 1 amide bonds. The molecule has 1 saturated heterocycles. The van der Waals surface area contributed by atoms with E-state index < -0.39 is 28.2 Å². The molecule has 5 N–H and O–H groups in total. The highest BCUT2D eigenvalue weighted by molar-refractivity contribution is 7.91. The molecule has 3 aromatic rings. The van der Waals surface area contributed by atoms with Gasteiger partial charge >= 0.3 is 12.1 Å². The number of alkyl halides is 3. The minimum Gasteiger partial charge on any atom is -0.475 e. The van der Waals surface area contributed by atoms with Gasteiger partial charge in [0.1, 0.15) is 16.1 Å². The number of carbonyl (C=O) groups excluding carboxylic acids is 1.